The zero-order valence-corrected chi connectivity index (χ0v) is 17.3. The molecule has 10 heteroatoms. The average molecular weight is 435 g/mol. The number of aliphatic imine (C=N–C) groups is 1. The molecule has 31 heavy (non-hydrogen) atoms. The largest absolute Gasteiger partial charge is 0.493 e. The maximum Gasteiger partial charge on any atom is 0.418 e. The van der Waals surface area contributed by atoms with Crippen molar-refractivity contribution in [1.82, 2.24) is 15.3 Å². The predicted octanol–water partition coefficient (Wildman–Crippen LogP) is 2.07. The Morgan fingerprint density at radius 3 is 2.74 bits per heavy atom. The third-order valence-corrected chi connectivity index (χ3v) is 5.06. The SMILES string of the molecule is C=c1nc(Oc2ccc(N(C)C3CCCNC3)c(C(F)(F)F)c2)nc(O)/c1=C/C=N\C. The van der Waals surface area contributed by atoms with Gasteiger partial charge >= 0.3 is 12.2 Å². The normalized spacial score (nSPS) is 17.8. The van der Waals surface area contributed by atoms with Gasteiger partial charge in [0, 0.05) is 38.6 Å². The van der Waals surface area contributed by atoms with Crippen LogP contribution in [0.25, 0.3) is 12.7 Å². The summed E-state index contributed by atoms with van der Waals surface area (Å²) in [6.07, 6.45) is 0.0337. The highest BCUT2D eigenvalue weighted by Gasteiger charge is 2.36. The van der Waals surface area contributed by atoms with E-state index in [1.165, 1.54) is 24.4 Å². The molecule has 1 aliphatic heterocycles. The Bertz CT molecular complexity index is 1070. The number of hydrogen-bond acceptors (Lipinski definition) is 7. The van der Waals surface area contributed by atoms with Crippen molar-refractivity contribution in [1.29, 1.82) is 0 Å². The molecule has 0 amide bonds. The van der Waals surface area contributed by atoms with Gasteiger partial charge in [0.05, 0.1) is 16.1 Å². The summed E-state index contributed by atoms with van der Waals surface area (Å²) in [6, 6.07) is 3.36. The van der Waals surface area contributed by atoms with E-state index in [1.54, 1.807) is 19.0 Å². The van der Waals surface area contributed by atoms with Crippen LogP contribution in [-0.4, -0.2) is 54.5 Å². The van der Waals surface area contributed by atoms with Gasteiger partial charge in [0.1, 0.15) is 5.75 Å². The van der Waals surface area contributed by atoms with Gasteiger partial charge in [0.15, 0.2) is 0 Å². The number of rotatable bonds is 5. The quantitative estimate of drug-likeness (QED) is 0.700. The van der Waals surface area contributed by atoms with Crippen molar-refractivity contribution in [3.8, 4) is 17.6 Å². The lowest BCUT2D eigenvalue weighted by Crippen LogP contribution is -2.44. The number of hydrogen-bond donors (Lipinski definition) is 2. The van der Waals surface area contributed by atoms with Crippen molar-refractivity contribution in [2.24, 2.45) is 4.99 Å². The number of likely N-dealkylation sites (N-methyl/N-ethyl adjacent to an activating group) is 1. The lowest BCUT2D eigenvalue weighted by Gasteiger charge is -2.34. The van der Waals surface area contributed by atoms with E-state index >= 15 is 0 Å². The summed E-state index contributed by atoms with van der Waals surface area (Å²) >= 11 is 0. The maximum atomic E-state index is 13.8. The van der Waals surface area contributed by atoms with Gasteiger partial charge < -0.3 is 20.1 Å². The van der Waals surface area contributed by atoms with Gasteiger partial charge in [-0.1, -0.05) is 6.58 Å². The van der Waals surface area contributed by atoms with Gasteiger partial charge in [-0.25, -0.2) is 0 Å². The Hall–Kier alpha value is -3.14. The summed E-state index contributed by atoms with van der Waals surface area (Å²) in [4.78, 5) is 13.2. The summed E-state index contributed by atoms with van der Waals surface area (Å²) < 4.78 is 46.8. The van der Waals surface area contributed by atoms with Gasteiger partial charge in [0.25, 0.3) is 0 Å². The molecule has 166 valence electrons. The molecule has 1 unspecified atom stereocenters. The highest BCUT2D eigenvalue weighted by Crippen LogP contribution is 2.40. The first kappa shape index (κ1) is 22.5. The molecule has 1 aliphatic rings. The van der Waals surface area contributed by atoms with Gasteiger partial charge in [-0.05, 0) is 43.7 Å². The lowest BCUT2D eigenvalue weighted by molar-refractivity contribution is -0.137. The molecule has 1 saturated heterocycles. The standard InChI is InChI=1S/C21H24F3N5O2/c1-13-16(8-10-25-2)19(30)28-20(27-13)31-15-6-7-18(17(11-15)21(22,23)24)29(3)14-5-4-9-26-12-14/h6-8,10-11,14,26H,1,4-5,9,12H2,2-3H3,(H,27,28,30)/b16-8+,25-10-. The third-order valence-electron chi connectivity index (χ3n) is 5.06. The number of benzene rings is 1. The highest BCUT2D eigenvalue weighted by atomic mass is 19.4. The number of nitrogens with zero attached hydrogens (tertiary/aromatic N) is 4. The summed E-state index contributed by atoms with van der Waals surface area (Å²) in [5.74, 6) is -0.510. The van der Waals surface area contributed by atoms with Crippen LogP contribution in [0.4, 0.5) is 18.9 Å². The molecule has 7 nitrogen and oxygen atoms in total. The molecule has 1 aromatic carbocycles. The Kier molecular flexibility index (Phi) is 6.79. The Morgan fingerprint density at radius 2 is 2.13 bits per heavy atom. The van der Waals surface area contributed by atoms with E-state index < -0.39 is 17.6 Å². The van der Waals surface area contributed by atoms with E-state index in [-0.39, 0.29) is 34.1 Å². The van der Waals surface area contributed by atoms with Crippen molar-refractivity contribution >= 4 is 24.6 Å². The van der Waals surface area contributed by atoms with E-state index in [0.717, 1.165) is 25.5 Å². The molecule has 1 fully saturated rings. The monoisotopic (exact) mass is 435 g/mol. The van der Waals surface area contributed by atoms with Gasteiger partial charge in [-0.3, -0.25) is 4.99 Å². The van der Waals surface area contributed by atoms with E-state index in [1.807, 2.05) is 0 Å². The van der Waals surface area contributed by atoms with Gasteiger partial charge in [0.2, 0.25) is 5.88 Å². The lowest BCUT2D eigenvalue weighted by atomic mass is 10.0. The number of ether oxygens (including phenoxy) is 1. The summed E-state index contributed by atoms with van der Waals surface area (Å²) in [6.45, 7) is 5.20. The Balaban J connectivity index is 1.94. The minimum absolute atomic E-state index is 0.0360. The fourth-order valence-electron chi connectivity index (χ4n) is 3.43. The number of anilines is 1. The number of nitrogens with one attached hydrogen (secondary N) is 1. The molecule has 2 N–H and O–H groups in total. The minimum Gasteiger partial charge on any atom is -0.493 e. The molecule has 0 spiro atoms. The molecular weight excluding hydrogens is 411 g/mol. The van der Waals surface area contributed by atoms with Crippen LogP contribution >= 0.6 is 0 Å². The van der Waals surface area contributed by atoms with Crippen LogP contribution in [0.15, 0.2) is 23.2 Å². The number of alkyl halides is 3. The first-order valence-corrected chi connectivity index (χ1v) is 9.71. The molecule has 3 rings (SSSR count). The third kappa shape index (κ3) is 5.32. The van der Waals surface area contributed by atoms with Crippen LogP contribution in [0.5, 0.6) is 17.6 Å². The molecule has 1 aromatic heterocycles. The minimum atomic E-state index is -4.58. The fourth-order valence-corrected chi connectivity index (χ4v) is 3.43. The molecular formula is C21H24F3N5O2. The molecule has 0 bridgehead atoms. The first-order chi connectivity index (χ1) is 14.7. The van der Waals surface area contributed by atoms with Crippen LogP contribution < -0.4 is 25.5 Å². The summed E-state index contributed by atoms with van der Waals surface area (Å²) in [5, 5.41) is 13.7. The molecule has 0 radical (unpaired) electrons. The topological polar surface area (TPSA) is 82.9 Å². The van der Waals surface area contributed by atoms with E-state index in [4.69, 9.17) is 4.74 Å². The first-order valence-electron chi connectivity index (χ1n) is 9.71. The fraction of sp³-hybridized carbons (Fsp3) is 0.381. The number of piperidine rings is 1. The van der Waals surface area contributed by atoms with Crippen LogP contribution in [0.3, 0.4) is 0 Å². The van der Waals surface area contributed by atoms with Crippen molar-refractivity contribution in [2.45, 2.75) is 25.1 Å². The van der Waals surface area contributed by atoms with Crippen molar-refractivity contribution < 1.29 is 23.0 Å². The molecule has 0 saturated carbocycles. The second-order valence-electron chi connectivity index (χ2n) is 7.15. The van der Waals surface area contributed by atoms with Crippen LogP contribution in [-0.2, 0) is 6.18 Å². The average Bonchev–Trinajstić information content (AvgIpc) is 2.73. The number of halogens is 3. The van der Waals surface area contributed by atoms with Crippen molar-refractivity contribution in [3.63, 3.8) is 0 Å². The molecule has 0 aliphatic carbocycles. The number of aromatic hydroxyl groups is 1. The molecule has 2 aromatic rings. The molecule has 2 heterocycles. The summed E-state index contributed by atoms with van der Waals surface area (Å²) in [5.41, 5.74) is -0.750. The zero-order chi connectivity index (χ0) is 22.6. The van der Waals surface area contributed by atoms with Gasteiger partial charge in [-0.2, -0.15) is 23.1 Å². The van der Waals surface area contributed by atoms with E-state index in [2.05, 4.69) is 26.9 Å². The Labute approximate surface area is 177 Å². The number of aromatic nitrogens is 2. The maximum absolute atomic E-state index is 13.8. The smallest absolute Gasteiger partial charge is 0.418 e. The Morgan fingerprint density at radius 1 is 1.35 bits per heavy atom. The van der Waals surface area contributed by atoms with E-state index in [0.29, 0.717) is 6.54 Å². The summed E-state index contributed by atoms with van der Waals surface area (Å²) in [7, 11) is 3.21. The second kappa shape index (κ2) is 9.34. The van der Waals surface area contributed by atoms with Crippen LogP contribution in [0.2, 0.25) is 0 Å². The van der Waals surface area contributed by atoms with E-state index in [9.17, 15) is 18.3 Å². The second-order valence-corrected chi connectivity index (χ2v) is 7.15. The van der Waals surface area contributed by atoms with Crippen molar-refractivity contribution in [2.75, 3.05) is 32.1 Å². The van der Waals surface area contributed by atoms with Crippen molar-refractivity contribution in [3.05, 3.63) is 34.3 Å². The van der Waals surface area contributed by atoms with Gasteiger partial charge in [-0.15, -0.1) is 0 Å². The predicted molar refractivity (Wildman–Crippen MR) is 113 cm³/mol. The van der Waals surface area contributed by atoms with Crippen LogP contribution in [0.1, 0.15) is 18.4 Å². The zero-order valence-electron chi connectivity index (χ0n) is 17.3. The van der Waals surface area contributed by atoms with Crippen LogP contribution in [0, 0.1) is 0 Å². The molecule has 1 atom stereocenters. The highest BCUT2D eigenvalue weighted by molar-refractivity contribution is 5.91.